The molecule has 1 fully saturated rings. The minimum absolute atomic E-state index is 0.105. The number of benzene rings is 1. The average Bonchev–Trinajstić information content (AvgIpc) is 3.05. The fraction of sp³-hybridized carbons (Fsp3) is 0.476. The van der Waals surface area contributed by atoms with E-state index in [-0.39, 0.29) is 17.8 Å². The van der Waals surface area contributed by atoms with Gasteiger partial charge in [-0.1, -0.05) is 29.3 Å². The molecule has 1 aromatic carbocycles. The van der Waals surface area contributed by atoms with Gasteiger partial charge in [0.1, 0.15) is 5.82 Å². The zero-order valence-electron chi connectivity index (χ0n) is 17.9. The molecule has 31 heavy (non-hydrogen) atoms. The van der Waals surface area contributed by atoms with Crippen molar-refractivity contribution in [3.63, 3.8) is 0 Å². The molecule has 0 N–H and O–H groups in total. The fourth-order valence-corrected chi connectivity index (χ4v) is 4.54. The highest BCUT2D eigenvalue weighted by Gasteiger charge is 2.26. The highest BCUT2D eigenvalue weighted by Crippen LogP contribution is 2.24. The van der Waals surface area contributed by atoms with Crippen LogP contribution in [0.5, 0.6) is 0 Å². The van der Waals surface area contributed by atoms with Crippen LogP contribution in [0, 0.1) is 0 Å². The van der Waals surface area contributed by atoms with Gasteiger partial charge in [0.15, 0.2) is 11.2 Å². The Kier molecular flexibility index (Phi) is 6.00. The first kappa shape index (κ1) is 22.1. The molecule has 3 heterocycles. The second-order valence-corrected chi connectivity index (χ2v) is 9.01. The Bertz CT molecular complexity index is 1250. The summed E-state index contributed by atoms with van der Waals surface area (Å²) < 4.78 is 10.2. The standard InChI is InChI=1S/C21H25Cl2N5O3/c1-12-8-27(9-13(2)31-12)11-17-24-19-18(20(29)26(4)21(30)25(19)3)28(17)10-14-5-6-15(22)16(23)7-14/h5-7,12-13H,8-11H2,1-4H3. The van der Waals surface area contributed by atoms with E-state index < -0.39 is 5.69 Å². The lowest BCUT2D eigenvalue weighted by molar-refractivity contribution is -0.0712. The van der Waals surface area contributed by atoms with Gasteiger partial charge in [-0.15, -0.1) is 0 Å². The lowest BCUT2D eigenvalue weighted by Crippen LogP contribution is -2.45. The SMILES string of the molecule is CC1CN(Cc2nc3c(c(=O)n(C)c(=O)n3C)n2Cc2ccc(Cl)c(Cl)c2)CC(C)O1. The number of aromatic nitrogens is 4. The maximum atomic E-state index is 13.1. The first-order valence-electron chi connectivity index (χ1n) is 10.1. The van der Waals surface area contributed by atoms with Gasteiger partial charge in [-0.3, -0.25) is 18.8 Å². The minimum Gasteiger partial charge on any atom is -0.373 e. The van der Waals surface area contributed by atoms with Gasteiger partial charge >= 0.3 is 5.69 Å². The summed E-state index contributed by atoms with van der Waals surface area (Å²) in [5.41, 5.74) is 0.865. The van der Waals surface area contributed by atoms with Crippen LogP contribution in [0.15, 0.2) is 27.8 Å². The molecule has 2 atom stereocenters. The van der Waals surface area contributed by atoms with Crippen molar-refractivity contribution < 1.29 is 4.74 Å². The lowest BCUT2D eigenvalue weighted by Gasteiger charge is -2.35. The number of imidazole rings is 1. The van der Waals surface area contributed by atoms with Gasteiger partial charge in [0, 0.05) is 33.7 Å². The fourth-order valence-electron chi connectivity index (χ4n) is 4.22. The Morgan fingerprint density at radius 1 is 1.03 bits per heavy atom. The van der Waals surface area contributed by atoms with Crippen LogP contribution in [0.4, 0.5) is 0 Å². The summed E-state index contributed by atoms with van der Waals surface area (Å²) in [7, 11) is 3.11. The Morgan fingerprint density at radius 2 is 1.71 bits per heavy atom. The zero-order valence-corrected chi connectivity index (χ0v) is 19.4. The Hall–Kier alpha value is -2.13. The van der Waals surface area contributed by atoms with Gasteiger partial charge < -0.3 is 9.30 Å². The molecule has 3 aromatic rings. The first-order chi connectivity index (χ1) is 14.7. The molecule has 0 bridgehead atoms. The summed E-state index contributed by atoms with van der Waals surface area (Å²) in [6.45, 7) is 6.52. The van der Waals surface area contributed by atoms with Crippen molar-refractivity contribution in [1.29, 1.82) is 0 Å². The van der Waals surface area contributed by atoms with E-state index in [0.717, 1.165) is 23.2 Å². The molecule has 0 radical (unpaired) electrons. The van der Waals surface area contributed by atoms with Gasteiger partial charge in [0.25, 0.3) is 5.56 Å². The molecule has 0 saturated carbocycles. The molecule has 1 saturated heterocycles. The van der Waals surface area contributed by atoms with Gasteiger partial charge in [-0.05, 0) is 31.5 Å². The van der Waals surface area contributed by atoms with Crippen LogP contribution in [-0.4, -0.2) is 48.9 Å². The van der Waals surface area contributed by atoms with Crippen LogP contribution in [0.1, 0.15) is 25.2 Å². The number of rotatable bonds is 4. The quantitative estimate of drug-likeness (QED) is 0.591. The van der Waals surface area contributed by atoms with E-state index in [1.807, 2.05) is 24.5 Å². The van der Waals surface area contributed by atoms with Crippen LogP contribution in [0.25, 0.3) is 11.2 Å². The maximum absolute atomic E-state index is 13.1. The summed E-state index contributed by atoms with van der Waals surface area (Å²) in [4.78, 5) is 32.5. The third-order valence-corrected chi connectivity index (χ3v) is 6.35. The van der Waals surface area contributed by atoms with Gasteiger partial charge in [0.2, 0.25) is 0 Å². The number of fused-ring (bicyclic) bond motifs is 1. The zero-order chi connectivity index (χ0) is 22.4. The minimum atomic E-state index is -0.406. The number of ether oxygens (including phenoxy) is 1. The van der Waals surface area contributed by atoms with E-state index in [1.165, 1.54) is 11.6 Å². The Balaban J connectivity index is 1.85. The highest BCUT2D eigenvalue weighted by atomic mass is 35.5. The van der Waals surface area contributed by atoms with E-state index in [4.69, 9.17) is 32.9 Å². The molecule has 2 unspecified atom stereocenters. The predicted molar refractivity (Wildman–Crippen MR) is 121 cm³/mol. The average molecular weight is 466 g/mol. The van der Waals surface area contributed by atoms with Crippen molar-refractivity contribution in [1.82, 2.24) is 23.6 Å². The summed E-state index contributed by atoms with van der Waals surface area (Å²) in [5.74, 6) is 0.709. The number of hydrogen-bond donors (Lipinski definition) is 0. The molecular weight excluding hydrogens is 441 g/mol. The van der Waals surface area contributed by atoms with Crippen LogP contribution in [-0.2, 0) is 31.9 Å². The third-order valence-electron chi connectivity index (χ3n) is 5.61. The number of halogens is 2. The van der Waals surface area contributed by atoms with E-state index >= 15 is 0 Å². The van der Waals surface area contributed by atoms with Gasteiger partial charge in [-0.25, -0.2) is 9.78 Å². The smallest absolute Gasteiger partial charge is 0.332 e. The van der Waals surface area contributed by atoms with Crippen molar-refractivity contribution in [3.05, 3.63) is 60.5 Å². The number of morpholine rings is 1. The topological polar surface area (TPSA) is 74.3 Å². The molecular formula is C21H25Cl2N5O3. The molecule has 1 aliphatic heterocycles. The lowest BCUT2D eigenvalue weighted by atomic mass is 10.2. The number of aryl methyl sites for hydroxylation is 1. The molecule has 4 rings (SSSR count). The molecule has 0 aliphatic carbocycles. The number of nitrogens with zero attached hydrogens (tertiary/aromatic N) is 5. The summed E-state index contributed by atoms with van der Waals surface area (Å²) in [6.07, 6.45) is 0.211. The third kappa shape index (κ3) is 4.17. The normalized spacial score (nSPS) is 19.9. The summed E-state index contributed by atoms with van der Waals surface area (Å²) in [6, 6.07) is 5.39. The van der Waals surface area contributed by atoms with Crippen molar-refractivity contribution >= 4 is 34.4 Å². The van der Waals surface area contributed by atoms with Crippen LogP contribution < -0.4 is 11.2 Å². The summed E-state index contributed by atoms with van der Waals surface area (Å²) in [5, 5.41) is 0.914. The Morgan fingerprint density at radius 3 is 2.35 bits per heavy atom. The van der Waals surface area contributed by atoms with Crippen molar-refractivity contribution in [2.45, 2.75) is 39.1 Å². The monoisotopic (exact) mass is 465 g/mol. The van der Waals surface area contributed by atoms with E-state index in [2.05, 4.69) is 4.90 Å². The van der Waals surface area contributed by atoms with Crippen molar-refractivity contribution in [3.8, 4) is 0 Å². The van der Waals surface area contributed by atoms with E-state index in [0.29, 0.717) is 40.1 Å². The van der Waals surface area contributed by atoms with Gasteiger partial charge in [0.05, 0.1) is 28.8 Å². The van der Waals surface area contributed by atoms with Crippen molar-refractivity contribution in [2.75, 3.05) is 13.1 Å². The summed E-state index contributed by atoms with van der Waals surface area (Å²) >= 11 is 12.3. The second-order valence-electron chi connectivity index (χ2n) is 8.19. The van der Waals surface area contributed by atoms with Crippen LogP contribution in [0.2, 0.25) is 10.0 Å². The molecule has 1 aliphatic rings. The highest BCUT2D eigenvalue weighted by molar-refractivity contribution is 6.42. The second kappa shape index (κ2) is 8.43. The Labute approximate surface area is 189 Å². The maximum Gasteiger partial charge on any atom is 0.332 e. The molecule has 2 aromatic heterocycles. The molecule has 10 heteroatoms. The van der Waals surface area contributed by atoms with Gasteiger partial charge in [-0.2, -0.15) is 0 Å². The van der Waals surface area contributed by atoms with E-state index in [9.17, 15) is 9.59 Å². The molecule has 166 valence electrons. The first-order valence-corrected chi connectivity index (χ1v) is 10.9. The predicted octanol–water partition coefficient (Wildman–Crippen LogP) is 2.40. The molecule has 8 nitrogen and oxygen atoms in total. The number of hydrogen-bond acceptors (Lipinski definition) is 5. The molecule has 0 amide bonds. The van der Waals surface area contributed by atoms with Crippen LogP contribution >= 0.6 is 23.2 Å². The van der Waals surface area contributed by atoms with Crippen molar-refractivity contribution in [2.24, 2.45) is 14.1 Å². The molecule has 0 spiro atoms. The van der Waals surface area contributed by atoms with E-state index in [1.54, 1.807) is 19.2 Å². The van der Waals surface area contributed by atoms with Crippen LogP contribution in [0.3, 0.4) is 0 Å². The largest absolute Gasteiger partial charge is 0.373 e.